The number of nitro benzene ring substituents is 1. The van der Waals surface area contributed by atoms with Crippen LogP contribution in [0.25, 0.3) is 0 Å². The Kier molecular flexibility index (Phi) is 4.42. The molecule has 0 radical (unpaired) electrons. The number of hydrogen-bond donors (Lipinski definition) is 0. The van der Waals surface area contributed by atoms with E-state index in [2.05, 4.69) is 0 Å². The molecule has 1 aromatic carbocycles. The molecule has 0 saturated carbocycles. The summed E-state index contributed by atoms with van der Waals surface area (Å²) in [4.78, 5) is 24.2. The lowest BCUT2D eigenvalue weighted by molar-refractivity contribution is -0.384. The molecule has 2 atom stereocenters. The van der Waals surface area contributed by atoms with E-state index in [0.29, 0.717) is 12.2 Å². The van der Waals surface area contributed by atoms with E-state index in [0.717, 1.165) is 5.56 Å². The molecule has 0 spiro atoms. The zero-order valence-electron chi connectivity index (χ0n) is 12.2. The summed E-state index contributed by atoms with van der Waals surface area (Å²) < 4.78 is 10.2. The number of anilines is 1. The summed E-state index contributed by atoms with van der Waals surface area (Å²) in [7, 11) is 1.30. The number of nitro groups is 1. The van der Waals surface area contributed by atoms with Crippen LogP contribution in [0.5, 0.6) is 0 Å². The minimum Gasteiger partial charge on any atom is -0.467 e. The van der Waals surface area contributed by atoms with Gasteiger partial charge in [0.15, 0.2) is 6.10 Å². The minimum atomic E-state index is -0.737. The fourth-order valence-electron chi connectivity index (χ4n) is 2.45. The van der Waals surface area contributed by atoms with Crippen molar-refractivity contribution in [1.29, 1.82) is 0 Å². The highest BCUT2D eigenvalue weighted by atomic mass is 16.6. The van der Waals surface area contributed by atoms with Crippen molar-refractivity contribution in [2.75, 3.05) is 25.1 Å². The van der Waals surface area contributed by atoms with Crippen molar-refractivity contribution < 1.29 is 19.2 Å². The summed E-state index contributed by atoms with van der Waals surface area (Å²) in [6.07, 6.45) is -0.957. The quantitative estimate of drug-likeness (QED) is 0.479. The Balaban J connectivity index is 2.34. The van der Waals surface area contributed by atoms with Crippen LogP contribution in [0.15, 0.2) is 18.2 Å². The van der Waals surface area contributed by atoms with Crippen LogP contribution in [0, 0.1) is 17.0 Å². The molecule has 1 aliphatic heterocycles. The maximum absolute atomic E-state index is 11.7. The Morgan fingerprint density at radius 1 is 1.48 bits per heavy atom. The van der Waals surface area contributed by atoms with Crippen molar-refractivity contribution in [3.05, 3.63) is 33.9 Å². The van der Waals surface area contributed by atoms with E-state index in [-0.39, 0.29) is 18.3 Å². The van der Waals surface area contributed by atoms with Gasteiger partial charge in [-0.2, -0.15) is 0 Å². The second-order valence-electron chi connectivity index (χ2n) is 5.11. The molecular weight excluding hydrogens is 276 g/mol. The average Bonchev–Trinajstić information content (AvgIpc) is 2.45. The van der Waals surface area contributed by atoms with Crippen molar-refractivity contribution in [2.45, 2.75) is 26.1 Å². The summed E-state index contributed by atoms with van der Waals surface area (Å²) in [5.74, 6) is -0.471. The summed E-state index contributed by atoms with van der Waals surface area (Å²) >= 11 is 0. The molecule has 7 nitrogen and oxygen atoms in total. The van der Waals surface area contributed by atoms with Gasteiger partial charge in [-0.05, 0) is 25.5 Å². The van der Waals surface area contributed by atoms with Gasteiger partial charge < -0.3 is 14.4 Å². The maximum Gasteiger partial charge on any atom is 0.336 e. The third-order valence-corrected chi connectivity index (χ3v) is 3.39. The number of morpholine rings is 1. The smallest absolute Gasteiger partial charge is 0.336 e. The van der Waals surface area contributed by atoms with E-state index in [9.17, 15) is 14.9 Å². The van der Waals surface area contributed by atoms with Gasteiger partial charge in [-0.25, -0.2) is 4.79 Å². The van der Waals surface area contributed by atoms with E-state index in [1.54, 1.807) is 17.0 Å². The molecule has 2 rings (SSSR count). The first-order valence-electron chi connectivity index (χ1n) is 6.65. The number of carbonyl (C=O) groups is 1. The molecule has 0 N–H and O–H groups in total. The van der Waals surface area contributed by atoms with E-state index >= 15 is 0 Å². The van der Waals surface area contributed by atoms with Crippen LogP contribution in [-0.2, 0) is 14.3 Å². The van der Waals surface area contributed by atoms with Gasteiger partial charge in [0, 0.05) is 12.6 Å². The predicted octanol–water partition coefficient (Wildman–Crippen LogP) is 1.67. The number of benzene rings is 1. The number of carbonyl (C=O) groups excluding carboxylic acids is 1. The third kappa shape index (κ3) is 3.30. The van der Waals surface area contributed by atoms with Gasteiger partial charge in [-0.1, -0.05) is 6.07 Å². The molecule has 0 aliphatic carbocycles. The Morgan fingerprint density at radius 3 is 2.81 bits per heavy atom. The highest BCUT2D eigenvalue weighted by Gasteiger charge is 2.33. The van der Waals surface area contributed by atoms with Gasteiger partial charge in [0.05, 0.1) is 24.7 Å². The van der Waals surface area contributed by atoms with E-state index in [4.69, 9.17) is 9.47 Å². The largest absolute Gasteiger partial charge is 0.467 e. The second-order valence-corrected chi connectivity index (χ2v) is 5.11. The number of rotatable bonds is 3. The zero-order chi connectivity index (χ0) is 15.6. The molecule has 0 bridgehead atoms. The fraction of sp³-hybridized carbons (Fsp3) is 0.500. The van der Waals surface area contributed by atoms with Crippen LogP contribution < -0.4 is 4.90 Å². The average molecular weight is 294 g/mol. The third-order valence-electron chi connectivity index (χ3n) is 3.39. The number of aryl methyl sites for hydroxylation is 1. The van der Waals surface area contributed by atoms with Gasteiger partial charge in [0.25, 0.3) is 5.69 Å². The van der Waals surface area contributed by atoms with Crippen molar-refractivity contribution >= 4 is 17.3 Å². The lowest BCUT2D eigenvalue weighted by atomic mass is 10.1. The number of esters is 1. The van der Waals surface area contributed by atoms with Crippen molar-refractivity contribution in [3.63, 3.8) is 0 Å². The molecule has 1 saturated heterocycles. The molecule has 1 heterocycles. The molecule has 7 heteroatoms. The van der Waals surface area contributed by atoms with Gasteiger partial charge in [-0.3, -0.25) is 10.1 Å². The molecule has 1 unspecified atom stereocenters. The highest BCUT2D eigenvalue weighted by molar-refractivity contribution is 5.76. The molecular formula is C14H18N2O5. The fourth-order valence-corrected chi connectivity index (χ4v) is 2.45. The lowest BCUT2D eigenvalue weighted by Gasteiger charge is -2.36. The Bertz CT molecular complexity index is 560. The number of hydrogen-bond acceptors (Lipinski definition) is 6. The van der Waals surface area contributed by atoms with Crippen LogP contribution in [0.1, 0.15) is 12.5 Å². The minimum absolute atomic E-state index is 0.0262. The van der Waals surface area contributed by atoms with Crippen molar-refractivity contribution in [1.82, 2.24) is 0 Å². The summed E-state index contributed by atoms with van der Waals surface area (Å²) in [6.45, 7) is 4.41. The number of ether oxygens (including phenoxy) is 2. The summed E-state index contributed by atoms with van der Waals surface area (Å²) in [5, 5.41) is 11.2. The predicted molar refractivity (Wildman–Crippen MR) is 76.4 cm³/mol. The van der Waals surface area contributed by atoms with E-state index < -0.39 is 17.0 Å². The van der Waals surface area contributed by atoms with Crippen LogP contribution in [-0.4, -0.2) is 43.3 Å². The highest BCUT2D eigenvalue weighted by Crippen LogP contribution is 2.31. The first-order chi connectivity index (χ1) is 9.92. The topological polar surface area (TPSA) is 81.9 Å². The summed E-state index contributed by atoms with van der Waals surface area (Å²) in [6, 6.07) is 4.94. The van der Waals surface area contributed by atoms with Crippen LogP contribution in [0.2, 0.25) is 0 Å². The van der Waals surface area contributed by atoms with E-state index in [1.807, 2.05) is 13.8 Å². The Labute approximate surface area is 122 Å². The van der Waals surface area contributed by atoms with Crippen LogP contribution in [0.4, 0.5) is 11.4 Å². The van der Waals surface area contributed by atoms with Gasteiger partial charge in [-0.15, -0.1) is 0 Å². The second kappa shape index (κ2) is 6.09. The normalized spacial score (nSPS) is 22.0. The maximum atomic E-state index is 11.7. The monoisotopic (exact) mass is 294 g/mol. The van der Waals surface area contributed by atoms with Crippen molar-refractivity contribution in [2.24, 2.45) is 0 Å². The molecule has 1 aliphatic rings. The SMILES string of the molecule is COC(=O)C1CN(c2cc(C)ccc2[N+](=O)[O-])C[C@H](C)O1. The van der Waals surface area contributed by atoms with Crippen LogP contribution in [0.3, 0.4) is 0 Å². The lowest BCUT2D eigenvalue weighted by Crippen LogP contribution is -2.50. The Morgan fingerprint density at radius 2 is 2.19 bits per heavy atom. The van der Waals surface area contributed by atoms with Gasteiger partial charge >= 0.3 is 5.97 Å². The number of nitrogens with zero attached hydrogens (tertiary/aromatic N) is 2. The van der Waals surface area contributed by atoms with Gasteiger partial charge in [0.2, 0.25) is 0 Å². The standard InChI is InChI=1S/C14H18N2O5/c1-9-4-5-11(16(18)19)12(6-9)15-7-10(2)21-13(8-15)14(17)20-3/h4-6,10,13H,7-8H2,1-3H3/t10-,13?/m0/s1. The first-order valence-corrected chi connectivity index (χ1v) is 6.65. The number of methoxy groups -OCH3 is 1. The van der Waals surface area contributed by atoms with Crippen LogP contribution >= 0.6 is 0 Å². The first kappa shape index (κ1) is 15.2. The molecule has 1 aromatic rings. The van der Waals surface area contributed by atoms with E-state index in [1.165, 1.54) is 13.2 Å². The molecule has 21 heavy (non-hydrogen) atoms. The van der Waals surface area contributed by atoms with Crippen molar-refractivity contribution in [3.8, 4) is 0 Å². The Hall–Kier alpha value is -2.15. The molecule has 1 fully saturated rings. The van der Waals surface area contributed by atoms with Gasteiger partial charge in [0.1, 0.15) is 5.69 Å². The molecule has 0 aromatic heterocycles. The summed E-state index contributed by atoms with van der Waals surface area (Å²) in [5.41, 5.74) is 1.45. The molecule has 114 valence electrons. The zero-order valence-corrected chi connectivity index (χ0v) is 12.2. The molecule has 0 amide bonds.